The molecule has 2 N–H and O–H groups in total. The minimum absolute atomic E-state index is 0.151. The molecule has 0 bridgehead atoms. The van der Waals surface area contributed by atoms with Gasteiger partial charge >= 0.3 is 0 Å². The van der Waals surface area contributed by atoms with Crippen LogP contribution < -0.4 is 15.5 Å². The zero-order valence-electron chi connectivity index (χ0n) is 14.0. The maximum atomic E-state index is 12.3. The minimum Gasteiger partial charge on any atom is -0.378 e. The number of nitrogens with one attached hydrogen (secondary N) is 2. The molecule has 7 heteroatoms. The van der Waals surface area contributed by atoms with E-state index in [1.165, 1.54) is 6.92 Å². The van der Waals surface area contributed by atoms with E-state index in [1.807, 2.05) is 6.07 Å². The first-order valence-electron chi connectivity index (χ1n) is 8.09. The Morgan fingerprint density at radius 1 is 1.04 bits per heavy atom. The zero-order valence-corrected chi connectivity index (χ0v) is 14.0. The molecule has 0 spiro atoms. The van der Waals surface area contributed by atoms with Crippen molar-refractivity contribution in [3.8, 4) is 0 Å². The molecule has 2 amide bonds. The molecule has 3 rings (SSSR count). The highest BCUT2D eigenvalue weighted by Crippen LogP contribution is 2.17. The van der Waals surface area contributed by atoms with Gasteiger partial charge in [0.15, 0.2) is 0 Å². The number of rotatable bonds is 4. The van der Waals surface area contributed by atoms with Crippen LogP contribution >= 0.6 is 0 Å². The fraction of sp³-hybridized carbons (Fsp3) is 0.278. The molecule has 130 valence electrons. The summed E-state index contributed by atoms with van der Waals surface area (Å²) >= 11 is 0. The Balaban J connectivity index is 1.61. The van der Waals surface area contributed by atoms with Gasteiger partial charge in [-0.05, 0) is 36.4 Å². The molecule has 1 aromatic carbocycles. The molecule has 0 atom stereocenters. The van der Waals surface area contributed by atoms with Crippen molar-refractivity contribution in [2.24, 2.45) is 0 Å². The van der Waals surface area contributed by atoms with Crippen molar-refractivity contribution in [1.29, 1.82) is 0 Å². The van der Waals surface area contributed by atoms with Gasteiger partial charge in [0.1, 0.15) is 5.82 Å². The smallest absolute Gasteiger partial charge is 0.256 e. The first kappa shape index (κ1) is 16.9. The molecule has 25 heavy (non-hydrogen) atoms. The quantitative estimate of drug-likeness (QED) is 0.891. The van der Waals surface area contributed by atoms with Crippen LogP contribution in [0.3, 0.4) is 0 Å². The third-order valence-electron chi connectivity index (χ3n) is 3.83. The van der Waals surface area contributed by atoms with Crippen LogP contribution in [-0.2, 0) is 9.53 Å². The van der Waals surface area contributed by atoms with Crippen molar-refractivity contribution >= 4 is 29.0 Å². The molecular formula is C18H20N4O3. The van der Waals surface area contributed by atoms with E-state index in [9.17, 15) is 9.59 Å². The maximum absolute atomic E-state index is 12.3. The molecule has 0 unspecified atom stereocenters. The number of aromatic nitrogens is 1. The second-order valence-electron chi connectivity index (χ2n) is 5.71. The zero-order chi connectivity index (χ0) is 17.6. The molecule has 1 fully saturated rings. The number of carbonyl (C=O) groups is 2. The lowest BCUT2D eigenvalue weighted by molar-refractivity contribution is -0.114. The molecule has 2 aromatic rings. The topological polar surface area (TPSA) is 83.6 Å². The van der Waals surface area contributed by atoms with Crippen molar-refractivity contribution in [1.82, 2.24) is 4.98 Å². The van der Waals surface area contributed by atoms with Gasteiger partial charge < -0.3 is 20.3 Å². The SMILES string of the molecule is CC(=O)Nc1ccc(C(=O)Nc2ccc(N3CCOCC3)cn2)cc1. The highest BCUT2D eigenvalue weighted by molar-refractivity contribution is 6.04. The number of amides is 2. The van der Waals surface area contributed by atoms with Crippen molar-refractivity contribution in [2.75, 3.05) is 41.8 Å². The number of ether oxygens (including phenoxy) is 1. The third kappa shape index (κ3) is 4.54. The molecule has 1 saturated heterocycles. The normalized spacial score (nSPS) is 14.0. The van der Waals surface area contributed by atoms with E-state index in [2.05, 4.69) is 20.5 Å². The fourth-order valence-electron chi connectivity index (χ4n) is 2.57. The van der Waals surface area contributed by atoms with Crippen molar-refractivity contribution in [3.05, 3.63) is 48.2 Å². The Labute approximate surface area is 146 Å². The number of hydrogen-bond donors (Lipinski definition) is 2. The first-order chi connectivity index (χ1) is 12.1. The second-order valence-corrected chi connectivity index (χ2v) is 5.71. The molecule has 2 heterocycles. The van der Waals surface area contributed by atoms with E-state index < -0.39 is 0 Å². The van der Waals surface area contributed by atoms with Crippen LogP contribution in [0.4, 0.5) is 17.2 Å². The van der Waals surface area contributed by atoms with Gasteiger partial charge in [-0.2, -0.15) is 0 Å². The summed E-state index contributed by atoms with van der Waals surface area (Å²) < 4.78 is 5.33. The minimum atomic E-state index is -0.249. The molecular weight excluding hydrogens is 320 g/mol. The maximum Gasteiger partial charge on any atom is 0.256 e. The molecule has 0 aliphatic carbocycles. The molecule has 0 saturated carbocycles. The number of pyridine rings is 1. The van der Waals surface area contributed by atoms with Gasteiger partial charge in [0.25, 0.3) is 5.91 Å². The lowest BCUT2D eigenvalue weighted by Gasteiger charge is -2.28. The van der Waals surface area contributed by atoms with Crippen molar-refractivity contribution in [2.45, 2.75) is 6.92 Å². The van der Waals surface area contributed by atoms with Gasteiger partial charge in [0, 0.05) is 31.3 Å². The highest BCUT2D eigenvalue weighted by atomic mass is 16.5. The Morgan fingerprint density at radius 2 is 1.76 bits per heavy atom. The molecule has 0 radical (unpaired) electrons. The lowest BCUT2D eigenvalue weighted by atomic mass is 10.2. The van der Waals surface area contributed by atoms with Crippen molar-refractivity contribution < 1.29 is 14.3 Å². The van der Waals surface area contributed by atoms with E-state index in [0.717, 1.165) is 18.8 Å². The summed E-state index contributed by atoms with van der Waals surface area (Å²) in [6.45, 7) is 4.55. The third-order valence-corrected chi connectivity index (χ3v) is 3.83. The Hall–Kier alpha value is -2.93. The molecule has 1 aliphatic heterocycles. The van der Waals surface area contributed by atoms with Crippen LogP contribution in [0.15, 0.2) is 42.6 Å². The largest absolute Gasteiger partial charge is 0.378 e. The van der Waals surface area contributed by atoms with Gasteiger partial charge in [0.05, 0.1) is 25.1 Å². The Kier molecular flexibility index (Phi) is 5.25. The standard InChI is InChI=1S/C18H20N4O3/c1-13(23)20-15-4-2-14(3-5-15)18(24)21-17-7-6-16(12-19-17)22-8-10-25-11-9-22/h2-7,12H,8-11H2,1H3,(H,20,23)(H,19,21,24). The van der Waals surface area contributed by atoms with Gasteiger partial charge in [-0.25, -0.2) is 4.98 Å². The summed E-state index contributed by atoms with van der Waals surface area (Å²) in [6.07, 6.45) is 1.75. The Bertz CT molecular complexity index is 738. The van der Waals surface area contributed by atoms with E-state index in [4.69, 9.17) is 4.74 Å². The van der Waals surface area contributed by atoms with Crippen LogP contribution in [-0.4, -0.2) is 43.1 Å². The molecule has 1 aromatic heterocycles. The van der Waals surface area contributed by atoms with Gasteiger partial charge in [0.2, 0.25) is 5.91 Å². The highest BCUT2D eigenvalue weighted by Gasteiger charge is 2.12. The van der Waals surface area contributed by atoms with Crippen LogP contribution in [0, 0.1) is 0 Å². The summed E-state index contributed by atoms with van der Waals surface area (Å²) in [5.41, 5.74) is 2.16. The number of anilines is 3. The number of benzene rings is 1. The first-order valence-corrected chi connectivity index (χ1v) is 8.09. The van der Waals surface area contributed by atoms with E-state index in [-0.39, 0.29) is 11.8 Å². The number of nitrogens with zero attached hydrogens (tertiary/aromatic N) is 2. The summed E-state index contributed by atoms with van der Waals surface area (Å²) in [4.78, 5) is 29.8. The fourth-order valence-corrected chi connectivity index (χ4v) is 2.57. The molecule has 1 aliphatic rings. The van der Waals surface area contributed by atoms with E-state index in [1.54, 1.807) is 36.5 Å². The second kappa shape index (κ2) is 7.76. The van der Waals surface area contributed by atoms with Gasteiger partial charge in [-0.3, -0.25) is 9.59 Å². The average Bonchev–Trinajstić information content (AvgIpc) is 2.63. The number of carbonyl (C=O) groups excluding carboxylic acids is 2. The van der Waals surface area contributed by atoms with E-state index >= 15 is 0 Å². The summed E-state index contributed by atoms with van der Waals surface area (Å²) in [7, 11) is 0. The summed E-state index contributed by atoms with van der Waals surface area (Å²) in [5.74, 6) is 0.0932. The van der Waals surface area contributed by atoms with Crippen LogP contribution in [0.2, 0.25) is 0 Å². The van der Waals surface area contributed by atoms with E-state index in [0.29, 0.717) is 30.3 Å². The Morgan fingerprint density at radius 3 is 2.36 bits per heavy atom. The lowest BCUT2D eigenvalue weighted by Crippen LogP contribution is -2.36. The van der Waals surface area contributed by atoms with Crippen LogP contribution in [0.5, 0.6) is 0 Å². The van der Waals surface area contributed by atoms with Gasteiger partial charge in [-0.15, -0.1) is 0 Å². The number of hydrogen-bond acceptors (Lipinski definition) is 5. The van der Waals surface area contributed by atoms with Crippen LogP contribution in [0.1, 0.15) is 17.3 Å². The van der Waals surface area contributed by atoms with Crippen molar-refractivity contribution in [3.63, 3.8) is 0 Å². The summed E-state index contributed by atoms with van der Waals surface area (Å²) in [5, 5.41) is 5.43. The average molecular weight is 340 g/mol. The monoisotopic (exact) mass is 340 g/mol. The molecule has 7 nitrogen and oxygen atoms in total. The number of morpholine rings is 1. The predicted octanol–water partition coefficient (Wildman–Crippen LogP) is 2.13. The van der Waals surface area contributed by atoms with Gasteiger partial charge in [-0.1, -0.05) is 0 Å². The van der Waals surface area contributed by atoms with Crippen LogP contribution in [0.25, 0.3) is 0 Å². The summed E-state index contributed by atoms with van der Waals surface area (Å²) in [6, 6.07) is 10.4. The predicted molar refractivity (Wildman–Crippen MR) is 96.0 cm³/mol.